The second-order valence-electron chi connectivity index (χ2n) is 12.5. The summed E-state index contributed by atoms with van der Waals surface area (Å²) in [5.41, 5.74) is 18.5. The standard InChI is InChI=1S/C35H34/c1-19-22-7-4-5-9-25(22)27-15-17-31-29-16-14-26-24-8-3-2-6-20(24)18-21-10-11-28(34(29)32(21)26)30-13-12-23(19)33(27)35(30)31/h2,4,6-7,14-19,23,28,30,32,34H,3,5,8-13H2,1H3. The van der Waals surface area contributed by atoms with Gasteiger partial charge in [0.15, 0.2) is 0 Å². The smallest absolute Gasteiger partial charge is 0.0126 e. The van der Waals surface area contributed by atoms with Crippen LogP contribution in [0.4, 0.5) is 0 Å². The number of hydrogen-bond acceptors (Lipinski definition) is 0. The molecule has 8 aliphatic carbocycles. The fourth-order valence-corrected chi connectivity index (χ4v) is 9.99. The molecule has 1 aromatic rings. The molecule has 0 radical (unpaired) electrons. The third-order valence-corrected chi connectivity index (χ3v) is 11.3. The highest BCUT2D eigenvalue weighted by Crippen LogP contribution is 2.66. The van der Waals surface area contributed by atoms with Crippen LogP contribution < -0.4 is 0 Å². The summed E-state index contributed by atoms with van der Waals surface area (Å²) in [4.78, 5) is 0. The minimum atomic E-state index is 0.651. The molecule has 9 rings (SSSR count). The van der Waals surface area contributed by atoms with E-state index in [1.165, 1.54) is 56.9 Å². The van der Waals surface area contributed by atoms with Crippen LogP contribution in [-0.2, 0) is 0 Å². The van der Waals surface area contributed by atoms with E-state index < -0.39 is 0 Å². The Labute approximate surface area is 209 Å². The Bertz CT molecular complexity index is 1430. The van der Waals surface area contributed by atoms with E-state index in [1.807, 2.05) is 0 Å². The van der Waals surface area contributed by atoms with Crippen LogP contribution in [-0.4, -0.2) is 0 Å². The highest BCUT2D eigenvalue weighted by Gasteiger charge is 2.52. The summed E-state index contributed by atoms with van der Waals surface area (Å²) >= 11 is 0. The molecule has 35 heavy (non-hydrogen) atoms. The molecule has 0 N–H and O–H groups in total. The Hall–Kier alpha value is -2.60. The topological polar surface area (TPSA) is 0 Å². The molecule has 6 unspecified atom stereocenters. The first-order chi connectivity index (χ1) is 17.3. The van der Waals surface area contributed by atoms with Crippen molar-refractivity contribution in [3.05, 3.63) is 105 Å². The zero-order valence-corrected chi connectivity index (χ0v) is 20.8. The van der Waals surface area contributed by atoms with Crippen molar-refractivity contribution < 1.29 is 0 Å². The van der Waals surface area contributed by atoms with E-state index in [2.05, 4.69) is 61.6 Å². The average molecular weight is 455 g/mol. The Morgan fingerprint density at radius 3 is 2.46 bits per heavy atom. The molecule has 0 heterocycles. The molecule has 0 nitrogen and oxygen atoms in total. The summed E-state index contributed by atoms with van der Waals surface area (Å²) in [7, 11) is 0. The zero-order valence-electron chi connectivity index (χ0n) is 20.8. The minimum absolute atomic E-state index is 0.651. The van der Waals surface area contributed by atoms with Gasteiger partial charge < -0.3 is 0 Å². The second kappa shape index (κ2) is 6.78. The van der Waals surface area contributed by atoms with Crippen LogP contribution in [0.25, 0.3) is 11.1 Å². The van der Waals surface area contributed by atoms with E-state index in [1.54, 1.807) is 55.7 Å². The second-order valence-corrected chi connectivity index (χ2v) is 12.5. The van der Waals surface area contributed by atoms with Crippen LogP contribution in [0.15, 0.2) is 82.5 Å². The average Bonchev–Trinajstić information content (AvgIpc) is 2.92. The Morgan fingerprint density at radius 1 is 0.743 bits per heavy atom. The van der Waals surface area contributed by atoms with Gasteiger partial charge in [0.2, 0.25) is 0 Å². The van der Waals surface area contributed by atoms with Crippen molar-refractivity contribution in [1.82, 2.24) is 0 Å². The van der Waals surface area contributed by atoms with Crippen molar-refractivity contribution >= 4 is 11.1 Å². The van der Waals surface area contributed by atoms with E-state index in [9.17, 15) is 0 Å². The fourth-order valence-electron chi connectivity index (χ4n) is 9.99. The number of benzene rings is 1. The molecule has 174 valence electrons. The summed E-state index contributed by atoms with van der Waals surface area (Å²) in [6.45, 7) is 2.53. The third kappa shape index (κ3) is 2.35. The predicted octanol–water partition coefficient (Wildman–Crippen LogP) is 8.97. The van der Waals surface area contributed by atoms with Gasteiger partial charge in [0.1, 0.15) is 0 Å². The number of hydrogen-bond donors (Lipinski definition) is 0. The maximum atomic E-state index is 2.61. The molecule has 0 aliphatic heterocycles. The summed E-state index contributed by atoms with van der Waals surface area (Å²) in [6.07, 6.45) is 27.8. The normalized spacial score (nSPS) is 37.0. The summed E-state index contributed by atoms with van der Waals surface area (Å²) in [5, 5.41) is 0. The first kappa shape index (κ1) is 19.6. The fraction of sp³-hybridized carbons (Fsp3) is 0.429. The molecule has 0 amide bonds. The summed E-state index contributed by atoms with van der Waals surface area (Å²) in [6, 6.07) is 5.12. The molecule has 1 fully saturated rings. The third-order valence-electron chi connectivity index (χ3n) is 11.3. The monoisotopic (exact) mass is 454 g/mol. The van der Waals surface area contributed by atoms with E-state index in [0.717, 1.165) is 17.8 Å². The van der Waals surface area contributed by atoms with E-state index >= 15 is 0 Å². The number of fused-ring (bicyclic) bond motifs is 4. The molecule has 0 aromatic heterocycles. The van der Waals surface area contributed by atoms with Crippen molar-refractivity contribution in [2.75, 3.05) is 0 Å². The van der Waals surface area contributed by atoms with Gasteiger partial charge in [0, 0.05) is 5.92 Å². The molecule has 8 aliphatic rings. The zero-order chi connectivity index (χ0) is 22.8. The van der Waals surface area contributed by atoms with Gasteiger partial charge in [-0.1, -0.05) is 67.2 Å². The molecular formula is C35H34. The van der Waals surface area contributed by atoms with Crippen LogP contribution in [0.5, 0.6) is 0 Å². The van der Waals surface area contributed by atoms with Gasteiger partial charge in [-0.2, -0.15) is 0 Å². The highest BCUT2D eigenvalue weighted by atomic mass is 14.6. The van der Waals surface area contributed by atoms with Gasteiger partial charge in [0.05, 0.1) is 0 Å². The van der Waals surface area contributed by atoms with Crippen LogP contribution in [0, 0.1) is 23.7 Å². The van der Waals surface area contributed by atoms with Crippen LogP contribution in [0.2, 0.25) is 0 Å². The molecule has 0 spiro atoms. The quantitative estimate of drug-likeness (QED) is 0.367. The van der Waals surface area contributed by atoms with Crippen molar-refractivity contribution in [1.29, 1.82) is 0 Å². The van der Waals surface area contributed by atoms with Crippen molar-refractivity contribution in [2.24, 2.45) is 23.7 Å². The van der Waals surface area contributed by atoms with E-state index in [4.69, 9.17) is 0 Å². The van der Waals surface area contributed by atoms with Crippen LogP contribution in [0.3, 0.4) is 0 Å². The molecule has 0 saturated heterocycles. The van der Waals surface area contributed by atoms with Crippen molar-refractivity contribution in [2.45, 2.75) is 70.1 Å². The summed E-state index contributed by atoms with van der Waals surface area (Å²) in [5.74, 6) is 4.35. The predicted molar refractivity (Wildman–Crippen MR) is 145 cm³/mol. The van der Waals surface area contributed by atoms with Gasteiger partial charge in [-0.25, -0.2) is 0 Å². The lowest BCUT2D eigenvalue weighted by molar-refractivity contribution is 0.205. The maximum absolute atomic E-state index is 2.61. The van der Waals surface area contributed by atoms with Crippen molar-refractivity contribution in [3.63, 3.8) is 0 Å². The number of rotatable bonds is 0. The van der Waals surface area contributed by atoms with Gasteiger partial charge in [0.25, 0.3) is 0 Å². The van der Waals surface area contributed by atoms with Gasteiger partial charge in [-0.05, 0) is 137 Å². The highest BCUT2D eigenvalue weighted by molar-refractivity contribution is 5.85. The lowest BCUT2D eigenvalue weighted by Gasteiger charge is -2.55. The largest absolute Gasteiger partial charge is 0.0839 e. The molecule has 6 atom stereocenters. The lowest BCUT2D eigenvalue weighted by Crippen LogP contribution is -2.43. The van der Waals surface area contributed by atoms with Gasteiger partial charge in [-0.3, -0.25) is 0 Å². The number of allylic oxidation sites excluding steroid dienone is 14. The SMILES string of the molecule is CC1C2=C(CCC=C2)c2ccc3c4c2C1CCC4C1CCC2=CC4=C(CCC=C4)C4=CC=C3C1C24. The van der Waals surface area contributed by atoms with Crippen LogP contribution in [0.1, 0.15) is 92.4 Å². The Balaban J connectivity index is 1.29. The summed E-state index contributed by atoms with van der Waals surface area (Å²) < 4.78 is 0. The molecular weight excluding hydrogens is 420 g/mol. The molecule has 0 heteroatoms. The molecule has 0 bridgehead atoms. The van der Waals surface area contributed by atoms with Gasteiger partial charge >= 0.3 is 0 Å². The molecule has 1 aromatic carbocycles. The minimum Gasteiger partial charge on any atom is -0.0839 e. The first-order valence-electron chi connectivity index (χ1n) is 14.4. The van der Waals surface area contributed by atoms with Crippen LogP contribution >= 0.6 is 0 Å². The Morgan fingerprint density at radius 2 is 1.51 bits per heavy atom. The maximum Gasteiger partial charge on any atom is 0.0126 e. The first-order valence-corrected chi connectivity index (χ1v) is 14.4. The van der Waals surface area contributed by atoms with Gasteiger partial charge in [-0.15, -0.1) is 0 Å². The molecule has 1 saturated carbocycles. The van der Waals surface area contributed by atoms with E-state index in [0.29, 0.717) is 17.8 Å². The Kier molecular flexibility index (Phi) is 3.79. The van der Waals surface area contributed by atoms with Crippen molar-refractivity contribution in [3.8, 4) is 0 Å². The lowest BCUT2D eigenvalue weighted by atomic mass is 9.49. The van der Waals surface area contributed by atoms with E-state index in [-0.39, 0.29) is 0 Å².